The molecule has 1 N–H and O–H groups in total. The van der Waals surface area contributed by atoms with Crippen LogP contribution in [0.1, 0.15) is 33.8 Å². The Labute approximate surface area is 223 Å². The van der Waals surface area contributed by atoms with Gasteiger partial charge in [-0.25, -0.2) is 4.98 Å². The summed E-state index contributed by atoms with van der Waals surface area (Å²) in [6.45, 7) is 1.93. The van der Waals surface area contributed by atoms with E-state index in [0.717, 1.165) is 39.3 Å². The maximum atomic E-state index is 10.0. The summed E-state index contributed by atoms with van der Waals surface area (Å²) in [6, 6.07) is 36.3. The third-order valence-corrected chi connectivity index (χ3v) is 5.48. The van der Waals surface area contributed by atoms with Crippen molar-refractivity contribution in [1.82, 2.24) is 9.97 Å². The van der Waals surface area contributed by atoms with Gasteiger partial charge in [0.15, 0.2) is 0 Å². The van der Waals surface area contributed by atoms with Gasteiger partial charge in [0.25, 0.3) is 0 Å². The summed E-state index contributed by atoms with van der Waals surface area (Å²) < 4.78 is 0. The van der Waals surface area contributed by atoms with E-state index in [2.05, 4.69) is 27.9 Å². The quantitative estimate of drug-likeness (QED) is 0.269. The molecule has 2 aromatic heterocycles. The Hall–Kier alpha value is -5.45. The Balaban J connectivity index is 0.000000181. The minimum Gasteiger partial charge on any atom is -0.507 e. The fourth-order valence-electron chi connectivity index (χ4n) is 3.63. The molecule has 4 heteroatoms. The first-order valence-electron chi connectivity index (χ1n) is 12.0. The van der Waals surface area contributed by atoms with Gasteiger partial charge in [-0.1, -0.05) is 78.7 Å². The van der Waals surface area contributed by atoms with Crippen LogP contribution in [0.5, 0.6) is 5.75 Å². The fourth-order valence-corrected chi connectivity index (χ4v) is 3.63. The molecule has 0 aliphatic rings. The number of benzene rings is 3. The van der Waals surface area contributed by atoms with Crippen LogP contribution in [0.15, 0.2) is 115 Å². The van der Waals surface area contributed by atoms with Crippen molar-refractivity contribution in [3.05, 3.63) is 149 Å². The molecule has 0 fully saturated rings. The molecule has 0 aliphatic carbocycles. The predicted octanol–water partition coefficient (Wildman–Crippen LogP) is 7.29. The van der Waals surface area contributed by atoms with Crippen LogP contribution in [-0.2, 0) is 0 Å². The van der Waals surface area contributed by atoms with Crippen LogP contribution >= 0.6 is 0 Å². The summed E-state index contributed by atoms with van der Waals surface area (Å²) in [5.41, 5.74) is 6.80. The molecule has 38 heavy (non-hydrogen) atoms. The Morgan fingerprint density at radius 1 is 0.711 bits per heavy atom. The Bertz CT molecular complexity index is 1650. The number of nitriles is 1. The smallest absolute Gasteiger partial charge is 0.123 e. The lowest BCUT2D eigenvalue weighted by molar-refractivity contribution is 0.477. The summed E-state index contributed by atoms with van der Waals surface area (Å²) >= 11 is 0. The number of aryl methyl sites for hydroxylation is 1. The average molecular weight is 492 g/mol. The second-order valence-electron chi connectivity index (χ2n) is 8.30. The first-order valence-corrected chi connectivity index (χ1v) is 12.0. The molecule has 0 aliphatic heterocycles. The maximum Gasteiger partial charge on any atom is 0.123 e. The highest BCUT2D eigenvalue weighted by Gasteiger charge is 2.07. The zero-order chi connectivity index (χ0) is 26.6. The summed E-state index contributed by atoms with van der Waals surface area (Å²) in [5.74, 6) is 6.25. The number of phenolic OH excluding ortho intramolecular Hbond substituents is 1. The highest BCUT2D eigenvalue weighted by Crippen LogP contribution is 2.31. The number of para-hydroxylation sites is 1. The summed E-state index contributed by atoms with van der Waals surface area (Å²) in [5, 5.41) is 18.8. The van der Waals surface area contributed by atoms with Gasteiger partial charge in [0.2, 0.25) is 0 Å². The number of nitrogens with zero attached hydrogens (tertiary/aromatic N) is 3. The lowest BCUT2D eigenvalue weighted by Gasteiger charge is -2.07. The molecule has 0 atom stereocenters. The molecule has 5 aromatic rings. The van der Waals surface area contributed by atoms with Crippen LogP contribution in [0.3, 0.4) is 0 Å². The van der Waals surface area contributed by atoms with Crippen molar-refractivity contribution in [1.29, 1.82) is 5.26 Å². The molecule has 2 heterocycles. The topological polar surface area (TPSA) is 69.8 Å². The molecule has 5 rings (SSSR count). The van der Waals surface area contributed by atoms with E-state index in [9.17, 15) is 5.11 Å². The number of hydrogen-bond acceptors (Lipinski definition) is 4. The van der Waals surface area contributed by atoms with E-state index in [0.29, 0.717) is 5.56 Å². The third-order valence-electron chi connectivity index (χ3n) is 5.48. The monoisotopic (exact) mass is 491 g/mol. The second kappa shape index (κ2) is 13.0. The van der Waals surface area contributed by atoms with E-state index in [4.69, 9.17) is 5.26 Å². The van der Waals surface area contributed by atoms with Gasteiger partial charge in [0.05, 0.1) is 17.3 Å². The lowest BCUT2D eigenvalue weighted by Crippen LogP contribution is -1.87. The zero-order valence-corrected chi connectivity index (χ0v) is 20.9. The molecular formula is C34H25N3O. The molecule has 182 valence electrons. The minimum atomic E-state index is 0.264. The van der Waals surface area contributed by atoms with Crippen LogP contribution in [-0.4, -0.2) is 15.1 Å². The van der Waals surface area contributed by atoms with Crippen LogP contribution in [0.25, 0.3) is 23.3 Å². The van der Waals surface area contributed by atoms with E-state index in [1.165, 1.54) is 0 Å². The fraction of sp³-hybridized carbons (Fsp3) is 0.0294. The number of rotatable bonds is 3. The number of pyridine rings is 2. The van der Waals surface area contributed by atoms with Gasteiger partial charge < -0.3 is 5.11 Å². The van der Waals surface area contributed by atoms with Crippen molar-refractivity contribution < 1.29 is 5.11 Å². The SMILES string of the molecule is Cc1cccc(C#Cc2cccc(C#N)c2)n1.Oc1ccccc1-c1cccnc1C=Cc1ccccc1. The van der Waals surface area contributed by atoms with E-state index < -0.39 is 0 Å². The summed E-state index contributed by atoms with van der Waals surface area (Å²) in [6.07, 6.45) is 5.75. The van der Waals surface area contributed by atoms with Gasteiger partial charge in [-0.2, -0.15) is 5.26 Å². The van der Waals surface area contributed by atoms with Crippen LogP contribution in [0, 0.1) is 30.1 Å². The van der Waals surface area contributed by atoms with Gasteiger partial charge in [-0.3, -0.25) is 4.98 Å². The third kappa shape index (κ3) is 7.28. The number of hydrogen-bond donors (Lipinski definition) is 1. The average Bonchev–Trinajstić information content (AvgIpc) is 2.97. The maximum absolute atomic E-state index is 10.0. The van der Waals surface area contributed by atoms with Crippen LogP contribution in [0.4, 0.5) is 0 Å². The molecule has 0 amide bonds. The van der Waals surface area contributed by atoms with Gasteiger partial charge in [0.1, 0.15) is 11.4 Å². The Morgan fingerprint density at radius 3 is 2.24 bits per heavy atom. The molecule has 0 saturated carbocycles. The number of aromatic nitrogens is 2. The van der Waals surface area contributed by atoms with Crippen molar-refractivity contribution >= 4 is 12.2 Å². The molecule has 4 nitrogen and oxygen atoms in total. The van der Waals surface area contributed by atoms with E-state index in [-0.39, 0.29) is 5.75 Å². The van der Waals surface area contributed by atoms with Crippen molar-refractivity contribution in [3.63, 3.8) is 0 Å². The first kappa shape index (κ1) is 25.6. The molecular weight excluding hydrogens is 466 g/mol. The van der Waals surface area contributed by atoms with Gasteiger partial charge in [0, 0.05) is 28.6 Å². The van der Waals surface area contributed by atoms with Crippen molar-refractivity contribution in [2.75, 3.05) is 0 Å². The molecule has 0 saturated heterocycles. The molecule has 0 radical (unpaired) electrons. The number of aromatic hydroxyl groups is 1. The lowest BCUT2D eigenvalue weighted by atomic mass is 10.0. The van der Waals surface area contributed by atoms with Gasteiger partial charge in [-0.15, -0.1) is 0 Å². The van der Waals surface area contributed by atoms with E-state index >= 15 is 0 Å². The summed E-state index contributed by atoms with van der Waals surface area (Å²) in [4.78, 5) is 8.71. The van der Waals surface area contributed by atoms with Crippen molar-refractivity contribution in [2.45, 2.75) is 6.92 Å². The molecule has 0 bridgehead atoms. The highest BCUT2D eigenvalue weighted by molar-refractivity contribution is 5.81. The second-order valence-corrected chi connectivity index (χ2v) is 8.30. The first-order chi connectivity index (χ1) is 18.6. The zero-order valence-electron chi connectivity index (χ0n) is 20.9. The molecule has 3 aromatic carbocycles. The van der Waals surface area contributed by atoms with Crippen LogP contribution in [0.2, 0.25) is 0 Å². The highest BCUT2D eigenvalue weighted by atomic mass is 16.3. The standard InChI is InChI=1S/C19H15NO.C15H10N2/c21-19-11-5-4-9-17(19)16-10-6-14-20-18(16)13-12-15-7-2-1-3-8-15;1-12-4-2-7-15(17-12)9-8-13-5-3-6-14(10-13)11-16/h1-14,21H;2-7,10H,1H3. The van der Waals surface area contributed by atoms with Crippen molar-refractivity contribution in [2.24, 2.45) is 0 Å². The van der Waals surface area contributed by atoms with Crippen LogP contribution < -0.4 is 0 Å². The van der Waals surface area contributed by atoms with E-state index in [1.807, 2.05) is 110 Å². The molecule has 0 unspecified atom stereocenters. The van der Waals surface area contributed by atoms with Crippen molar-refractivity contribution in [3.8, 4) is 34.8 Å². The predicted molar refractivity (Wildman–Crippen MR) is 153 cm³/mol. The number of phenols is 1. The van der Waals surface area contributed by atoms with Gasteiger partial charge in [-0.05, 0) is 66.9 Å². The largest absolute Gasteiger partial charge is 0.507 e. The Morgan fingerprint density at radius 2 is 1.45 bits per heavy atom. The Kier molecular flexibility index (Phi) is 8.79. The van der Waals surface area contributed by atoms with Gasteiger partial charge >= 0.3 is 0 Å². The molecule has 0 spiro atoms. The van der Waals surface area contributed by atoms with E-state index in [1.54, 1.807) is 24.4 Å². The normalized spacial score (nSPS) is 10.0. The minimum absolute atomic E-state index is 0.264. The summed E-state index contributed by atoms with van der Waals surface area (Å²) in [7, 11) is 0.